The van der Waals surface area contributed by atoms with Gasteiger partial charge < -0.3 is 4.74 Å². The Balaban J connectivity index is 2.18. The minimum Gasteiger partial charge on any atom is -0.387 e. The van der Waals surface area contributed by atoms with Gasteiger partial charge in [0.2, 0.25) is 5.75 Å². The summed E-state index contributed by atoms with van der Waals surface area (Å²) in [6, 6.07) is 22.3. The minimum absolute atomic E-state index is 0.0414. The molecule has 4 nitrogen and oxygen atoms in total. The fourth-order valence-corrected chi connectivity index (χ4v) is 3.97. The molecule has 0 aliphatic heterocycles. The smallest absolute Gasteiger partial charge is 0.292 e. The van der Waals surface area contributed by atoms with E-state index in [0.717, 1.165) is 21.5 Å². The van der Waals surface area contributed by atoms with E-state index in [1.54, 1.807) is 18.4 Å². The van der Waals surface area contributed by atoms with Gasteiger partial charge in [-0.25, -0.2) is 0 Å². The first kappa shape index (κ1) is 19.6. The highest BCUT2D eigenvalue weighted by Crippen LogP contribution is 2.46. The molecule has 4 aromatic rings. The normalized spacial score (nSPS) is 10.3. The predicted octanol–water partition coefficient (Wildman–Crippen LogP) is 7.26. The molecule has 0 spiro atoms. The zero-order valence-electron chi connectivity index (χ0n) is 15.4. The Bertz CT molecular complexity index is 1290. The maximum absolute atomic E-state index is 9.20. The topological polar surface area (TPSA) is 46.6 Å². The highest BCUT2D eigenvalue weighted by molar-refractivity contribution is 6.59. The molecule has 0 saturated carbocycles. The summed E-state index contributed by atoms with van der Waals surface area (Å²) in [6.45, 7) is 7.19. The maximum Gasteiger partial charge on any atom is 0.292 e. The van der Waals surface area contributed by atoms with E-state index in [-0.39, 0.29) is 4.49 Å². The van der Waals surface area contributed by atoms with E-state index in [1.807, 2.05) is 60.7 Å². The average Bonchev–Trinajstić information content (AvgIpc) is 2.76. The van der Waals surface area contributed by atoms with Crippen LogP contribution in [0.5, 0.6) is 11.5 Å². The van der Waals surface area contributed by atoms with Crippen LogP contribution in [0.2, 0.25) is 0 Å². The molecule has 30 heavy (non-hydrogen) atoms. The Morgan fingerprint density at radius 3 is 1.87 bits per heavy atom. The monoisotopic (exact) mass is 430 g/mol. The number of halogens is 2. The van der Waals surface area contributed by atoms with Gasteiger partial charge in [0, 0.05) is 16.7 Å². The van der Waals surface area contributed by atoms with Crippen molar-refractivity contribution in [2.45, 2.75) is 0 Å². The van der Waals surface area contributed by atoms with E-state index in [0.29, 0.717) is 28.2 Å². The zero-order chi connectivity index (χ0) is 21.1. The number of ether oxygens (including phenoxy) is 1. The summed E-state index contributed by atoms with van der Waals surface area (Å²) in [5.74, 6) is 0.597. The summed E-state index contributed by atoms with van der Waals surface area (Å²) in [4.78, 5) is 5.24. The molecule has 4 rings (SSSR count). The molecule has 0 aliphatic carbocycles. The standard InChI is InChI=1S/C24H12Cl2N2O2/c1-28-30-20-13-11-16-7-3-5-9-18(16)22(20)23(24(25)26)21-17-8-4-2-6-15(17)10-12-19(21)29-14-27/h2-13H. The largest absolute Gasteiger partial charge is 0.387 e. The van der Waals surface area contributed by atoms with Crippen molar-refractivity contribution in [1.29, 1.82) is 5.26 Å². The molecule has 0 bridgehead atoms. The van der Waals surface area contributed by atoms with Crippen molar-refractivity contribution in [1.82, 2.24) is 0 Å². The van der Waals surface area contributed by atoms with Crippen LogP contribution < -0.4 is 9.57 Å². The summed E-state index contributed by atoms with van der Waals surface area (Å²) in [6.07, 6.45) is 1.72. The van der Waals surface area contributed by atoms with E-state index in [9.17, 15) is 5.26 Å². The Morgan fingerprint density at radius 2 is 1.33 bits per heavy atom. The first-order valence-electron chi connectivity index (χ1n) is 8.85. The van der Waals surface area contributed by atoms with Crippen LogP contribution in [0.4, 0.5) is 0 Å². The third kappa shape index (κ3) is 3.40. The summed E-state index contributed by atoms with van der Waals surface area (Å²) < 4.78 is 5.22. The molecule has 144 valence electrons. The van der Waals surface area contributed by atoms with Gasteiger partial charge in [-0.2, -0.15) is 11.4 Å². The maximum atomic E-state index is 9.20. The van der Waals surface area contributed by atoms with Gasteiger partial charge in [0.05, 0.1) is 0 Å². The molecule has 0 radical (unpaired) electrons. The lowest BCUT2D eigenvalue weighted by molar-refractivity contribution is 0.472. The molecule has 0 N–H and O–H groups in total. The van der Waals surface area contributed by atoms with E-state index in [4.69, 9.17) is 39.3 Å². The van der Waals surface area contributed by atoms with Crippen molar-refractivity contribution in [2.75, 3.05) is 0 Å². The minimum atomic E-state index is -0.0414. The molecule has 0 unspecified atom stereocenters. The Labute approximate surface area is 182 Å². The second-order valence-electron chi connectivity index (χ2n) is 6.33. The number of nitriles is 1. The van der Waals surface area contributed by atoms with Crippen molar-refractivity contribution in [3.8, 4) is 17.8 Å². The van der Waals surface area contributed by atoms with Gasteiger partial charge in [-0.05, 0) is 38.7 Å². The molecular formula is C24H12Cl2N2O2. The van der Waals surface area contributed by atoms with Crippen LogP contribution >= 0.6 is 23.2 Å². The van der Waals surface area contributed by atoms with Crippen LogP contribution in [0.15, 0.2) is 77.3 Å². The third-order valence-corrected chi connectivity index (χ3v) is 5.15. The van der Waals surface area contributed by atoms with Gasteiger partial charge in [-0.3, -0.25) is 0 Å². The summed E-state index contributed by atoms with van der Waals surface area (Å²) in [7, 11) is 0. The lowest BCUT2D eigenvalue weighted by atomic mass is 9.90. The number of hydrogen-bond donors (Lipinski definition) is 0. The zero-order valence-corrected chi connectivity index (χ0v) is 16.9. The van der Waals surface area contributed by atoms with Gasteiger partial charge in [-0.15, -0.1) is 5.26 Å². The van der Waals surface area contributed by atoms with E-state index in [2.05, 4.69) is 5.01 Å². The lowest BCUT2D eigenvalue weighted by Crippen LogP contribution is -1.99. The van der Waals surface area contributed by atoms with Crippen molar-refractivity contribution in [3.05, 3.63) is 100.0 Å². The summed E-state index contributed by atoms with van der Waals surface area (Å²) >= 11 is 12.9. The summed E-state index contributed by atoms with van der Waals surface area (Å²) in [5.41, 5.74) is 1.50. The van der Waals surface area contributed by atoms with Crippen LogP contribution in [0.1, 0.15) is 11.1 Å². The average molecular weight is 431 g/mol. The predicted molar refractivity (Wildman–Crippen MR) is 119 cm³/mol. The Morgan fingerprint density at radius 1 is 0.800 bits per heavy atom. The first-order valence-corrected chi connectivity index (χ1v) is 9.60. The fourth-order valence-electron chi connectivity index (χ4n) is 3.59. The number of fused-ring (bicyclic) bond motifs is 2. The number of rotatable bonds is 4. The highest BCUT2D eigenvalue weighted by atomic mass is 35.5. The van der Waals surface area contributed by atoms with E-state index < -0.39 is 0 Å². The molecule has 0 amide bonds. The molecular weight excluding hydrogens is 419 g/mol. The number of hydrogen-bond acceptors (Lipinski definition) is 3. The first-order chi connectivity index (χ1) is 14.7. The summed E-state index contributed by atoms with van der Waals surface area (Å²) in [5, 5.41) is 15.7. The molecule has 4 aromatic carbocycles. The molecule has 0 fully saturated rings. The van der Waals surface area contributed by atoms with Crippen molar-refractivity contribution in [2.24, 2.45) is 0 Å². The van der Waals surface area contributed by atoms with Crippen LogP contribution in [0.25, 0.3) is 32.1 Å². The van der Waals surface area contributed by atoms with Gasteiger partial charge >= 0.3 is 0 Å². The second-order valence-corrected chi connectivity index (χ2v) is 7.28. The molecule has 0 saturated heterocycles. The van der Waals surface area contributed by atoms with Crippen LogP contribution in [0, 0.1) is 18.1 Å². The fraction of sp³-hybridized carbons (Fsp3) is 0. The lowest BCUT2D eigenvalue weighted by Gasteiger charge is -2.17. The van der Waals surface area contributed by atoms with Crippen LogP contribution in [-0.4, -0.2) is 0 Å². The van der Waals surface area contributed by atoms with Gasteiger partial charge in [0.25, 0.3) is 6.26 Å². The van der Waals surface area contributed by atoms with Crippen LogP contribution in [-0.2, 0) is 0 Å². The van der Waals surface area contributed by atoms with Crippen LogP contribution in [0.3, 0.4) is 0 Å². The van der Waals surface area contributed by atoms with Gasteiger partial charge in [0.15, 0.2) is 5.75 Å². The van der Waals surface area contributed by atoms with Crippen molar-refractivity contribution in [3.63, 3.8) is 0 Å². The number of nitrogens with zero attached hydrogens (tertiary/aromatic N) is 2. The van der Waals surface area contributed by atoms with E-state index in [1.165, 1.54) is 0 Å². The van der Waals surface area contributed by atoms with Crippen molar-refractivity contribution < 1.29 is 9.57 Å². The van der Waals surface area contributed by atoms with Gasteiger partial charge in [0.1, 0.15) is 4.49 Å². The van der Waals surface area contributed by atoms with Crippen molar-refractivity contribution >= 4 is 50.3 Å². The molecule has 0 aliphatic rings. The molecule has 0 aromatic heterocycles. The molecule has 0 heterocycles. The highest BCUT2D eigenvalue weighted by Gasteiger charge is 2.25. The molecule has 6 heteroatoms. The molecule has 0 atom stereocenters. The quantitative estimate of drug-likeness (QED) is 0.194. The third-order valence-electron chi connectivity index (χ3n) is 4.77. The second kappa shape index (κ2) is 8.35. The Kier molecular flexibility index (Phi) is 5.46. The van der Waals surface area contributed by atoms with E-state index >= 15 is 0 Å². The van der Waals surface area contributed by atoms with Gasteiger partial charge in [-0.1, -0.05) is 83.9 Å². The SMILES string of the molecule is [C-]#[N+]Oc1ccc2ccccc2c1C(=C(Cl)Cl)c1c(OC#N)ccc2ccccc12. The number of benzene rings is 4. The Hall–Kier alpha value is -3.70.